The van der Waals surface area contributed by atoms with Gasteiger partial charge in [-0.05, 0) is 43.7 Å². The number of pyridine rings is 1. The summed E-state index contributed by atoms with van der Waals surface area (Å²) in [6.45, 7) is 1.47. The van der Waals surface area contributed by atoms with Crippen molar-refractivity contribution in [2.24, 2.45) is 10.7 Å². The van der Waals surface area contributed by atoms with Gasteiger partial charge >= 0.3 is 0 Å². The van der Waals surface area contributed by atoms with Crippen molar-refractivity contribution in [3.8, 4) is 0 Å². The molecule has 1 aliphatic heterocycles. The Kier molecular flexibility index (Phi) is 5.72. The number of Topliss-reactive ketones (excluding diaryl/α,β-unsaturated/α-hetero) is 1. The maximum absolute atomic E-state index is 14.7. The van der Waals surface area contributed by atoms with Gasteiger partial charge in [-0.3, -0.25) is 14.8 Å². The number of rotatable bonds is 5. The van der Waals surface area contributed by atoms with E-state index in [1.807, 2.05) is 0 Å². The van der Waals surface area contributed by atoms with Gasteiger partial charge in [0.1, 0.15) is 34.3 Å². The van der Waals surface area contributed by atoms with Crippen LogP contribution in [0.4, 0.5) is 8.78 Å². The first-order valence-electron chi connectivity index (χ1n) is 8.99. The smallest absolute Gasteiger partial charge is 0.185 e. The van der Waals surface area contributed by atoms with Gasteiger partial charge in [0.2, 0.25) is 0 Å². The van der Waals surface area contributed by atoms with Gasteiger partial charge in [-0.2, -0.15) is 0 Å². The number of benzene rings is 1. The molecule has 1 atom stereocenters. The van der Waals surface area contributed by atoms with Crippen molar-refractivity contribution in [2.45, 2.75) is 30.6 Å². The third-order valence-corrected chi connectivity index (χ3v) is 8.13. The minimum Gasteiger partial charge on any atom is -0.386 e. The van der Waals surface area contributed by atoms with Gasteiger partial charge in [0.05, 0.1) is 10.8 Å². The molecular formula is C20H20ClF2N3O3S. The summed E-state index contributed by atoms with van der Waals surface area (Å²) in [6.07, 6.45) is 1.18. The molecule has 2 heterocycles. The molecule has 0 unspecified atom stereocenters. The normalized spacial score (nSPS) is 22.4. The highest BCUT2D eigenvalue weighted by atomic mass is 35.5. The molecule has 1 aliphatic rings. The van der Waals surface area contributed by atoms with E-state index in [0.717, 1.165) is 6.07 Å². The number of nitrogens with two attached hydrogens (primary N) is 1. The summed E-state index contributed by atoms with van der Waals surface area (Å²) in [7, 11) is -3.93. The molecule has 0 fully saturated rings. The van der Waals surface area contributed by atoms with Gasteiger partial charge < -0.3 is 5.73 Å². The van der Waals surface area contributed by atoms with Crippen LogP contribution in [0.15, 0.2) is 41.5 Å². The first kappa shape index (κ1) is 22.3. The molecule has 3 rings (SSSR count). The van der Waals surface area contributed by atoms with Crippen LogP contribution in [-0.4, -0.2) is 42.2 Å². The van der Waals surface area contributed by atoms with E-state index in [0.29, 0.717) is 10.6 Å². The third-order valence-electron chi connectivity index (χ3n) is 5.29. The van der Waals surface area contributed by atoms with Crippen molar-refractivity contribution in [1.29, 1.82) is 0 Å². The van der Waals surface area contributed by atoms with Gasteiger partial charge in [0, 0.05) is 18.2 Å². The molecule has 2 N–H and O–H groups in total. The van der Waals surface area contributed by atoms with Crippen LogP contribution in [0.3, 0.4) is 0 Å². The molecule has 0 spiro atoms. The number of carbonyl (C=O) groups is 1. The van der Waals surface area contributed by atoms with E-state index < -0.39 is 38.4 Å². The predicted molar refractivity (Wildman–Crippen MR) is 111 cm³/mol. The average molecular weight is 456 g/mol. The molecule has 0 radical (unpaired) electrons. The second-order valence-electron chi connectivity index (χ2n) is 7.71. The average Bonchev–Trinajstić information content (AvgIpc) is 2.68. The van der Waals surface area contributed by atoms with Crippen molar-refractivity contribution in [3.05, 3.63) is 64.2 Å². The van der Waals surface area contributed by atoms with E-state index in [1.165, 1.54) is 44.3 Å². The molecular weight excluding hydrogens is 436 g/mol. The number of sulfone groups is 1. The number of amidine groups is 1. The topological polar surface area (TPSA) is 102 Å². The molecule has 30 heavy (non-hydrogen) atoms. The lowest BCUT2D eigenvalue weighted by Crippen LogP contribution is -2.56. The lowest BCUT2D eigenvalue weighted by Gasteiger charge is -2.38. The maximum Gasteiger partial charge on any atom is 0.185 e. The first-order valence-corrected chi connectivity index (χ1v) is 11.0. The maximum atomic E-state index is 14.7. The number of halogens is 3. The van der Waals surface area contributed by atoms with Crippen LogP contribution in [0.25, 0.3) is 0 Å². The van der Waals surface area contributed by atoms with Gasteiger partial charge in [0.25, 0.3) is 0 Å². The van der Waals surface area contributed by atoms with E-state index in [-0.39, 0.29) is 29.3 Å². The zero-order chi connectivity index (χ0) is 22.3. The second-order valence-corrected chi connectivity index (χ2v) is 10.7. The number of aliphatic imine (C=N–C) groups is 1. The van der Waals surface area contributed by atoms with E-state index in [4.69, 9.17) is 17.3 Å². The monoisotopic (exact) mass is 455 g/mol. The number of nitrogens with zero attached hydrogens (tertiary/aromatic N) is 2. The fourth-order valence-electron chi connectivity index (χ4n) is 3.19. The van der Waals surface area contributed by atoms with Crippen LogP contribution in [0.1, 0.15) is 35.5 Å². The third kappa shape index (κ3) is 3.83. The summed E-state index contributed by atoms with van der Waals surface area (Å²) in [5.74, 6) is -2.23. The Morgan fingerprint density at radius 1 is 1.27 bits per heavy atom. The molecule has 6 nitrogen and oxygen atoms in total. The lowest BCUT2D eigenvalue weighted by atomic mass is 9.90. The van der Waals surface area contributed by atoms with Crippen LogP contribution in [0, 0.1) is 5.82 Å². The summed E-state index contributed by atoms with van der Waals surface area (Å²) in [4.78, 5) is 20.5. The Morgan fingerprint density at radius 2 is 1.97 bits per heavy atom. The van der Waals surface area contributed by atoms with Gasteiger partial charge in [-0.1, -0.05) is 17.7 Å². The molecule has 10 heteroatoms. The highest BCUT2D eigenvalue weighted by Gasteiger charge is 2.51. The zero-order valence-electron chi connectivity index (χ0n) is 16.3. The number of hydrogen-bond donors (Lipinski definition) is 1. The largest absolute Gasteiger partial charge is 0.386 e. The Labute approximate surface area is 178 Å². The molecule has 2 aromatic rings. The summed E-state index contributed by atoms with van der Waals surface area (Å²) < 4.78 is 52.8. The minimum absolute atomic E-state index is 0.151. The van der Waals surface area contributed by atoms with Crippen molar-refractivity contribution in [3.63, 3.8) is 0 Å². The minimum atomic E-state index is -3.93. The number of carbonyl (C=O) groups excluding carboxylic acids is 1. The van der Waals surface area contributed by atoms with Crippen LogP contribution in [0.2, 0.25) is 5.02 Å². The fourth-order valence-corrected chi connectivity index (χ4v) is 4.95. The predicted octanol–water partition coefficient (Wildman–Crippen LogP) is 3.03. The standard InChI is InChI=1S/C20H20ClF2N3O3S/c1-19(2)18(24)26-20(10-22,11-30(19,28)29)14-7-12(3-5-15(14)23)8-17(27)16-6-4-13(21)9-25-16/h3-7,9H,8,10-11H2,1-2H3,(H2,24,26)/t20-/m0/s1. The highest BCUT2D eigenvalue weighted by molar-refractivity contribution is 7.93. The number of ketones is 1. The van der Waals surface area contributed by atoms with Crippen LogP contribution in [0.5, 0.6) is 0 Å². The molecule has 1 aromatic carbocycles. The molecule has 0 saturated heterocycles. The Morgan fingerprint density at radius 3 is 2.53 bits per heavy atom. The molecule has 1 aromatic heterocycles. The fraction of sp³-hybridized carbons (Fsp3) is 0.350. The lowest BCUT2D eigenvalue weighted by molar-refractivity contribution is 0.0988. The highest BCUT2D eigenvalue weighted by Crippen LogP contribution is 2.39. The van der Waals surface area contributed by atoms with Crippen molar-refractivity contribution in [2.75, 3.05) is 12.4 Å². The second kappa shape index (κ2) is 7.70. The Bertz CT molecular complexity index is 1130. The Balaban J connectivity index is 2.03. The number of hydrogen-bond acceptors (Lipinski definition) is 6. The Hall–Kier alpha value is -2.39. The van der Waals surface area contributed by atoms with Crippen molar-refractivity contribution in [1.82, 2.24) is 4.98 Å². The van der Waals surface area contributed by atoms with E-state index in [1.54, 1.807) is 0 Å². The van der Waals surface area contributed by atoms with Gasteiger partial charge in [-0.15, -0.1) is 0 Å². The van der Waals surface area contributed by atoms with Crippen LogP contribution < -0.4 is 5.73 Å². The van der Waals surface area contributed by atoms with E-state index in [9.17, 15) is 22.0 Å². The summed E-state index contributed by atoms with van der Waals surface area (Å²) in [5, 5.41) is 0.373. The summed E-state index contributed by atoms with van der Waals surface area (Å²) >= 11 is 5.76. The zero-order valence-corrected chi connectivity index (χ0v) is 17.9. The molecule has 160 valence electrons. The summed E-state index contributed by atoms with van der Waals surface area (Å²) in [6, 6.07) is 6.66. The summed E-state index contributed by atoms with van der Waals surface area (Å²) in [5.41, 5.74) is 4.09. The van der Waals surface area contributed by atoms with Crippen LogP contribution in [-0.2, 0) is 21.8 Å². The van der Waals surface area contributed by atoms with Crippen LogP contribution >= 0.6 is 11.6 Å². The van der Waals surface area contributed by atoms with E-state index >= 15 is 0 Å². The van der Waals surface area contributed by atoms with Gasteiger partial charge in [0.15, 0.2) is 15.6 Å². The molecule has 0 bridgehead atoms. The first-order chi connectivity index (χ1) is 13.9. The SMILES string of the molecule is CC1(C)C(N)=N[C@](CF)(c2cc(CC(=O)c3ccc(Cl)cn3)ccc2F)CS1(=O)=O. The molecule has 0 saturated carbocycles. The van der Waals surface area contributed by atoms with Crippen molar-refractivity contribution >= 4 is 33.1 Å². The number of alkyl halides is 1. The quantitative estimate of drug-likeness (QED) is 0.698. The van der Waals surface area contributed by atoms with Crippen molar-refractivity contribution < 1.29 is 22.0 Å². The number of aromatic nitrogens is 1. The molecule has 0 aliphatic carbocycles. The van der Waals surface area contributed by atoms with E-state index in [2.05, 4.69) is 9.98 Å². The van der Waals surface area contributed by atoms with Gasteiger partial charge in [-0.25, -0.2) is 17.2 Å². The molecule has 0 amide bonds.